The first-order chi connectivity index (χ1) is 33.5. The van der Waals surface area contributed by atoms with Gasteiger partial charge in [-0.25, -0.2) is 4.98 Å². The van der Waals surface area contributed by atoms with Crippen molar-refractivity contribution < 1.29 is 38.4 Å². The molecule has 22 heteroatoms. The second-order valence-electron chi connectivity index (χ2n) is 17.6. The minimum absolute atomic E-state index is 0.0274. The average Bonchev–Trinajstić information content (AvgIpc) is 4.13. The Morgan fingerprint density at radius 1 is 0.743 bits per heavy atom. The highest BCUT2D eigenvalue weighted by atomic mass is 16.2. The molecule has 70 heavy (non-hydrogen) atoms. The van der Waals surface area contributed by atoms with E-state index in [2.05, 4.69) is 52.2 Å². The highest BCUT2D eigenvalue weighted by Gasteiger charge is 2.40. The van der Waals surface area contributed by atoms with Gasteiger partial charge in [0.1, 0.15) is 48.6 Å². The highest BCUT2D eigenvalue weighted by molar-refractivity contribution is 5.98. The number of rotatable bonds is 27. The SMILES string of the molecule is CCCC[C@H](NC(C)=O)C(=O)N[C@@H](C)C(=O)N[C@@H](Cc1c[nH]cn1)C(=O)N[C@H](Cc1ccccc1)C(=O)N[C@@H](CCCNC(N)N)C(=O)N1CCC[C@H]1C(=O)N[C@H](Cc1c[nH]c2ccccc12)C(N)=O. The van der Waals surface area contributed by atoms with Gasteiger partial charge in [0.15, 0.2) is 0 Å². The van der Waals surface area contributed by atoms with Crippen LogP contribution in [0.2, 0.25) is 0 Å². The lowest BCUT2D eigenvalue weighted by Crippen LogP contribution is -2.60. The second kappa shape index (κ2) is 26.5. The molecule has 22 nitrogen and oxygen atoms in total. The molecule has 0 unspecified atom stereocenters. The number of nitrogens with zero attached hydrogens (tertiary/aromatic N) is 2. The molecule has 2 aromatic heterocycles. The maximum absolute atomic E-state index is 14.6. The van der Waals surface area contributed by atoms with Gasteiger partial charge < -0.3 is 64.0 Å². The fourth-order valence-electron chi connectivity index (χ4n) is 8.37. The Morgan fingerprint density at radius 3 is 2.07 bits per heavy atom. The number of H-pyrrole nitrogens is 2. The van der Waals surface area contributed by atoms with Gasteiger partial charge in [0, 0.05) is 56.0 Å². The van der Waals surface area contributed by atoms with E-state index in [0.717, 1.165) is 22.9 Å². The number of nitrogens with one attached hydrogen (secondary N) is 9. The van der Waals surface area contributed by atoms with Gasteiger partial charge in [0.25, 0.3) is 0 Å². The summed E-state index contributed by atoms with van der Waals surface area (Å²) < 4.78 is 0. The fourth-order valence-corrected chi connectivity index (χ4v) is 8.37. The molecule has 8 amide bonds. The summed E-state index contributed by atoms with van der Waals surface area (Å²) in [5, 5.41) is 20.1. The number of hydrogen-bond donors (Lipinski definition) is 12. The number of fused-ring (bicyclic) bond motifs is 1. The number of likely N-dealkylation sites (tertiary alicyclic amines) is 1. The van der Waals surface area contributed by atoms with Gasteiger partial charge in [-0.1, -0.05) is 68.3 Å². The molecule has 0 spiro atoms. The third-order valence-corrected chi connectivity index (χ3v) is 12.1. The van der Waals surface area contributed by atoms with Crippen LogP contribution in [-0.4, -0.2) is 129 Å². The summed E-state index contributed by atoms with van der Waals surface area (Å²) >= 11 is 0. The zero-order chi connectivity index (χ0) is 50.7. The molecule has 7 atom stereocenters. The molecule has 1 aliphatic rings. The minimum Gasteiger partial charge on any atom is -0.368 e. The Balaban J connectivity index is 1.35. The molecule has 0 radical (unpaired) electrons. The summed E-state index contributed by atoms with van der Waals surface area (Å²) in [6.07, 6.45) is 6.75. The van der Waals surface area contributed by atoms with Crippen LogP contribution in [0.3, 0.4) is 0 Å². The zero-order valence-corrected chi connectivity index (χ0v) is 39.9. The molecule has 1 fully saturated rings. The van der Waals surface area contributed by atoms with Crippen molar-refractivity contribution in [2.75, 3.05) is 13.1 Å². The zero-order valence-electron chi connectivity index (χ0n) is 39.9. The molecule has 1 saturated heterocycles. The van der Waals surface area contributed by atoms with E-state index in [1.54, 1.807) is 42.7 Å². The van der Waals surface area contributed by atoms with Gasteiger partial charge in [-0.15, -0.1) is 0 Å². The number of nitrogens with two attached hydrogens (primary N) is 3. The number of carbonyl (C=O) groups is 8. The molecule has 15 N–H and O–H groups in total. The molecule has 4 aromatic rings. The highest BCUT2D eigenvalue weighted by Crippen LogP contribution is 2.22. The predicted molar refractivity (Wildman–Crippen MR) is 260 cm³/mol. The first-order valence-electron chi connectivity index (χ1n) is 23.7. The third kappa shape index (κ3) is 16.0. The lowest BCUT2D eigenvalue weighted by molar-refractivity contribution is -0.142. The topological polar surface area (TPSA) is 347 Å². The lowest BCUT2D eigenvalue weighted by Gasteiger charge is -2.31. The Labute approximate surface area is 406 Å². The normalized spacial score (nSPS) is 16.0. The van der Waals surface area contributed by atoms with E-state index in [4.69, 9.17) is 17.2 Å². The molecular weight excluding hydrogens is 901 g/mol. The van der Waals surface area contributed by atoms with E-state index < -0.39 is 95.8 Å². The van der Waals surface area contributed by atoms with Gasteiger partial charge >= 0.3 is 0 Å². The lowest BCUT2D eigenvalue weighted by atomic mass is 10.0. The number of carbonyl (C=O) groups excluding carboxylic acids is 8. The fraction of sp³-hybridized carbons (Fsp3) is 0.479. The molecule has 5 rings (SSSR count). The van der Waals surface area contributed by atoms with Crippen LogP contribution in [0.15, 0.2) is 73.3 Å². The van der Waals surface area contributed by atoms with Crippen LogP contribution in [0.25, 0.3) is 10.9 Å². The van der Waals surface area contributed by atoms with E-state index in [9.17, 15) is 38.4 Å². The van der Waals surface area contributed by atoms with Gasteiger partial charge in [-0.3, -0.25) is 43.7 Å². The second-order valence-corrected chi connectivity index (χ2v) is 17.6. The number of aromatic nitrogens is 3. The van der Waals surface area contributed by atoms with Crippen molar-refractivity contribution in [3.05, 3.63) is 90.1 Å². The van der Waals surface area contributed by atoms with Crippen LogP contribution in [0.4, 0.5) is 0 Å². The van der Waals surface area contributed by atoms with E-state index in [-0.39, 0.29) is 45.2 Å². The quantitative estimate of drug-likeness (QED) is 0.0256. The number of unbranched alkanes of at least 4 members (excludes halogenated alkanes) is 1. The van der Waals surface area contributed by atoms with Crippen molar-refractivity contribution in [3.63, 3.8) is 0 Å². The molecule has 0 bridgehead atoms. The van der Waals surface area contributed by atoms with Crippen LogP contribution in [-0.2, 0) is 57.6 Å². The molecule has 3 heterocycles. The van der Waals surface area contributed by atoms with E-state index >= 15 is 0 Å². The summed E-state index contributed by atoms with van der Waals surface area (Å²) in [5.41, 5.74) is 19.9. The van der Waals surface area contributed by atoms with Crippen molar-refractivity contribution in [2.24, 2.45) is 17.2 Å². The summed E-state index contributed by atoms with van der Waals surface area (Å²) in [4.78, 5) is 121. The number of hydrogen-bond acceptors (Lipinski definition) is 12. The minimum atomic E-state index is -1.31. The van der Waals surface area contributed by atoms with Crippen molar-refractivity contribution in [2.45, 2.75) is 134 Å². The Morgan fingerprint density at radius 2 is 1.40 bits per heavy atom. The van der Waals surface area contributed by atoms with Crippen LogP contribution in [0.5, 0.6) is 0 Å². The van der Waals surface area contributed by atoms with Crippen molar-refractivity contribution in [3.8, 4) is 0 Å². The Kier molecular flexibility index (Phi) is 20.4. The maximum atomic E-state index is 14.6. The largest absolute Gasteiger partial charge is 0.368 e. The first kappa shape index (κ1) is 53.8. The predicted octanol–water partition coefficient (Wildman–Crippen LogP) is -0.895. The molecule has 0 saturated carbocycles. The first-order valence-corrected chi connectivity index (χ1v) is 23.7. The van der Waals surface area contributed by atoms with Crippen LogP contribution < -0.4 is 54.4 Å². The summed E-state index contributed by atoms with van der Waals surface area (Å²) in [7, 11) is 0. The van der Waals surface area contributed by atoms with Crippen LogP contribution in [0.1, 0.15) is 82.5 Å². The summed E-state index contributed by atoms with van der Waals surface area (Å²) in [5.74, 6) is -5.07. The molecule has 378 valence electrons. The average molecular weight is 969 g/mol. The van der Waals surface area contributed by atoms with E-state index in [1.807, 2.05) is 31.2 Å². The maximum Gasteiger partial charge on any atom is 0.245 e. The molecule has 0 aliphatic carbocycles. The number of primary amides is 1. The number of para-hydroxylation sites is 1. The number of benzene rings is 2. The van der Waals surface area contributed by atoms with E-state index in [0.29, 0.717) is 36.9 Å². The Hall–Kier alpha value is -7.17. The van der Waals surface area contributed by atoms with Gasteiger partial charge in [-0.05, 0) is 62.8 Å². The molecule has 2 aromatic carbocycles. The summed E-state index contributed by atoms with van der Waals surface area (Å²) in [6, 6.07) is 8.49. The summed E-state index contributed by atoms with van der Waals surface area (Å²) in [6.45, 7) is 5.14. The molecule has 1 aliphatic heterocycles. The van der Waals surface area contributed by atoms with Gasteiger partial charge in [-0.2, -0.15) is 0 Å². The van der Waals surface area contributed by atoms with Crippen molar-refractivity contribution in [1.82, 2.24) is 57.1 Å². The molecular formula is C48H68N14O8. The standard InChI is InChI=1S/C48H68N14O8/c1-4-5-16-35(57-29(3)63)43(66)56-28(2)42(65)60-39(24-32-26-52-27-55-32)45(68)61-38(22-30-13-7-6-8-14-30)44(67)58-36(18-11-20-53-48(50)51)47(70)62-21-12-19-40(62)46(69)59-37(41(49)64)23-31-25-54-34-17-10-9-15-33(31)34/h6-10,13-15,17,25-28,35-40,48,53-54H,4-5,11-12,16,18-24,50-51H2,1-3H3,(H2,49,64)(H,52,55)(H,56,66)(H,57,63)(H,58,67)(H,59,69)(H,60,65)(H,61,68)/t28-,35-,36-,37+,38+,39-,40-/m0/s1. The number of amides is 8. The Bertz CT molecular complexity index is 2390. The third-order valence-electron chi connectivity index (χ3n) is 12.1. The number of aromatic amines is 2. The monoisotopic (exact) mass is 969 g/mol. The van der Waals surface area contributed by atoms with Gasteiger partial charge in [0.05, 0.1) is 12.0 Å². The van der Waals surface area contributed by atoms with Crippen LogP contribution >= 0.6 is 0 Å². The smallest absolute Gasteiger partial charge is 0.245 e. The van der Waals surface area contributed by atoms with E-state index in [1.165, 1.54) is 25.1 Å². The van der Waals surface area contributed by atoms with Gasteiger partial charge in [0.2, 0.25) is 47.3 Å². The van der Waals surface area contributed by atoms with Crippen molar-refractivity contribution >= 4 is 58.2 Å². The number of imidazole rings is 1. The van der Waals surface area contributed by atoms with Crippen LogP contribution in [0, 0.1) is 0 Å². The van der Waals surface area contributed by atoms with Crippen molar-refractivity contribution in [1.29, 1.82) is 0 Å².